The Labute approximate surface area is 112 Å². The van der Waals surface area contributed by atoms with E-state index in [0.717, 1.165) is 0 Å². The van der Waals surface area contributed by atoms with Gasteiger partial charge in [-0.15, -0.1) is 10.2 Å². The van der Waals surface area contributed by atoms with Crippen molar-refractivity contribution in [2.75, 3.05) is 0 Å². The molecule has 0 bridgehead atoms. The molecule has 2 aromatic rings. The van der Waals surface area contributed by atoms with Crippen LogP contribution in [0.3, 0.4) is 0 Å². The van der Waals surface area contributed by atoms with E-state index in [-0.39, 0.29) is 21.6 Å². The fourth-order valence-corrected chi connectivity index (χ4v) is 1.51. The molecule has 1 aromatic heterocycles. The third-order valence-corrected chi connectivity index (χ3v) is 2.50. The molecule has 0 amide bonds. The van der Waals surface area contributed by atoms with Crippen LogP contribution in [0.1, 0.15) is 10.4 Å². The van der Waals surface area contributed by atoms with Crippen molar-refractivity contribution in [1.82, 2.24) is 10.2 Å². The number of carboxylic acids is 1. The van der Waals surface area contributed by atoms with Crippen molar-refractivity contribution in [3.05, 3.63) is 46.1 Å². The average Bonchev–Trinajstić information content (AvgIpc) is 2.34. The third kappa shape index (κ3) is 2.88. The number of nitrogens with zero attached hydrogens (tertiary/aromatic N) is 2. The van der Waals surface area contributed by atoms with E-state index in [0.29, 0.717) is 5.75 Å². The van der Waals surface area contributed by atoms with Crippen LogP contribution < -0.4 is 4.74 Å². The van der Waals surface area contributed by atoms with Gasteiger partial charge in [-0.1, -0.05) is 23.2 Å². The number of aromatic carboxylic acids is 1. The Morgan fingerprint density at radius 2 is 1.94 bits per heavy atom. The summed E-state index contributed by atoms with van der Waals surface area (Å²) in [6, 6.07) is 7.16. The summed E-state index contributed by atoms with van der Waals surface area (Å²) in [7, 11) is 0. The molecule has 2 rings (SSSR count). The van der Waals surface area contributed by atoms with E-state index in [1.807, 2.05) is 0 Å². The molecule has 92 valence electrons. The summed E-state index contributed by atoms with van der Waals surface area (Å²) < 4.78 is 5.34. The van der Waals surface area contributed by atoms with Crippen molar-refractivity contribution >= 4 is 29.2 Å². The van der Waals surface area contributed by atoms with Gasteiger partial charge in [0.2, 0.25) is 5.88 Å². The monoisotopic (exact) mass is 284 g/mol. The van der Waals surface area contributed by atoms with Gasteiger partial charge in [0.05, 0.1) is 10.6 Å². The third-order valence-electron chi connectivity index (χ3n) is 2.00. The maximum atomic E-state index is 10.7. The minimum Gasteiger partial charge on any atom is -0.478 e. The van der Waals surface area contributed by atoms with Crippen LogP contribution in [0.25, 0.3) is 0 Å². The van der Waals surface area contributed by atoms with Crippen LogP contribution in [0.4, 0.5) is 0 Å². The Balaban J connectivity index is 2.24. The zero-order valence-electron chi connectivity index (χ0n) is 8.80. The lowest BCUT2D eigenvalue weighted by molar-refractivity contribution is 0.0697. The summed E-state index contributed by atoms with van der Waals surface area (Å²) in [6.45, 7) is 0. The molecular weight excluding hydrogens is 279 g/mol. The van der Waals surface area contributed by atoms with Gasteiger partial charge in [0.15, 0.2) is 5.15 Å². The van der Waals surface area contributed by atoms with Crippen LogP contribution in [-0.4, -0.2) is 21.3 Å². The normalized spacial score (nSPS) is 10.1. The van der Waals surface area contributed by atoms with Gasteiger partial charge < -0.3 is 9.84 Å². The molecular formula is C11H6Cl2N2O3. The van der Waals surface area contributed by atoms with Gasteiger partial charge in [-0.25, -0.2) is 4.79 Å². The second kappa shape index (κ2) is 5.20. The molecule has 0 aliphatic rings. The summed E-state index contributed by atoms with van der Waals surface area (Å²) in [6.07, 6.45) is 0. The Bertz CT molecular complexity index is 587. The van der Waals surface area contributed by atoms with E-state index in [1.54, 1.807) is 0 Å². The predicted molar refractivity (Wildman–Crippen MR) is 65.5 cm³/mol. The largest absolute Gasteiger partial charge is 0.478 e. The number of rotatable bonds is 3. The van der Waals surface area contributed by atoms with Crippen molar-refractivity contribution < 1.29 is 14.6 Å². The highest BCUT2D eigenvalue weighted by Crippen LogP contribution is 2.29. The highest BCUT2D eigenvalue weighted by molar-refractivity contribution is 6.32. The van der Waals surface area contributed by atoms with Gasteiger partial charge in [-0.05, 0) is 24.3 Å². The highest BCUT2D eigenvalue weighted by atomic mass is 35.5. The van der Waals surface area contributed by atoms with Crippen LogP contribution in [0.2, 0.25) is 10.2 Å². The fraction of sp³-hybridized carbons (Fsp3) is 0. The minimum absolute atomic E-state index is 0.0783. The number of carboxylic acid groups (broad SMARTS) is 1. The number of ether oxygens (including phenoxy) is 1. The van der Waals surface area contributed by atoms with Gasteiger partial charge in [0.1, 0.15) is 5.75 Å². The lowest BCUT2D eigenvalue weighted by atomic mass is 10.2. The quantitative estimate of drug-likeness (QED) is 0.936. The van der Waals surface area contributed by atoms with Crippen LogP contribution in [-0.2, 0) is 0 Å². The van der Waals surface area contributed by atoms with Crippen molar-refractivity contribution in [2.45, 2.75) is 0 Å². The SMILES string of the molecule is O=C(O)c1ccc(Oc2ccc(Cl)nn2)c(Cl)c1. The first-order chi connectivity index (χ1) is 8.56. The van der Waals surface area contributed by atoms with Gasteiger partial charge in [0, 0.05) is 6.07 Å². The van der Waals surface area contributed by atoms with Crippen molar-refractivity contribution in [3.63, 3.8) is 0 Å². The number of hydrogen-bond acceptors (Lipinski definition) is 4. The van der Waals surface area contributed by atoms with Crippen LogP contribution in [0.15, 0.2) is 30.3 Å². The summed E-state index contributed by atoms with van der Waals surface area (Å²) in [5.74, 6) is -0.558. The van der Waals surface area contributed by atoms with Gasteiger partial charge >= 0.3 is 5.97 Å². The molecule has 0 fully saturated rings. The molecule has 0 atom stereocenters. The maximum absolute atomic E-state index is 10.7. The van der Waals surface area contributed by atoms with Crippen molar-refractivity contribution in [2.24, 2.45) is 0 Å². The zero-order valence-corrected chi connectivity index (χ0v) is 10.3. The Morgan fingerprint density at radius 3 is 2.50 bits per heavy atom. The topological polar surface area (TPSA) is 72.3 Å². The summed E-state index contributed by atoms with van der Waals surface area (Å²) in [5, 5.41) is 16.5. The van der Waals surface area contributed by atoms with E-state index in [2.05, 4.69) is 10.2 Å². The van der Waals surface area contributed by atoms with Crippen LogP contribution in [0, 0.1) is 0 Å². The summed E-state index contributed by atoms with van der Waals surface area (Å²) in [4.78, 5) is 10.7. The van der Waals surface area contributed by atoms with Gasteiger partial charge in [-0.3, -0.25) is 0 Å². The summed E-state index contributed by atoms with van der Waals surface area (Å²) in [5.41, 5.74) is 0.0783. The predicted octanol–water partition coefficient (Wildman–Crippen LogP) is 3.27. The number of halogens is 2. The molecule has 0 radical (unpaired) electrons. The smallest absolute Gasteiger partial charge is 0.335 e. The molecule has 0 aliphatic carbocycles. The first kappa shape index (κ1) is 12.6. The Hall–Kier alpha value is -1.85. The van der Waals surface area contributed by atoms with E-state index < -0.39 is 5.97 Å². The van der Waals surface area contributed by atoms with Gasteiger partial charge in [-0.2, -0.15) is 0 Å². The summed E-state index contributed by atoms with van der Waals surface area (Å²) >= 11 is 11.5. The maximum Gasteiger partial charge on any atom is 0.335 e. The first-order valence-electron chi connectivity index (χ1n) is 4.76. The lowest BCUT2D eigenvalue weighted by Gasteiger charge is -2.06. The number of hydrogen-bond donors (Lipinski definition) is 1. The molecule has 5 nitrogen and oxygen atoms in total. The molecule has 18 heavy (non-hydrogen) atoms. The fourth-order valence-electron chi connectivity index (χ4n) is 1.19. The molecule has 1 aromatic carbocycles. The molecule has 1 heterocycles. The van der Waals surface area contributed by atoms with Crippen molar-refractivity contribution in [1.29, 1.82) is 0 Å². The first-order valence-corrected chi connectivity index (χ1v) is 5.52. The number of aromatic nitrogens is 2. The van der Waals surface area contributed by atoms with E-state index in [9.17, 15) is 4.79 Å². The number of benzene rings is 1. The molecule has 7 heteroatoms. The van der Waals surface area contributed by atoms with E-state index in [1.165, 1.54) is 30.3 Å². The number of carbonyl (C=O) groups is 1. The molecule has 1 N–H and O–H groups in total. The second-order valence-electron chi connectivity index (χ2n) is 3.25. The molecule has 0 unspecified atom stereocenters. The van der Waals surface area contributed by atoms with Gasteiger partial charge in [0.25, 0.3) is 0 Å². The van der Waals surface area contributed by atoms with E-state index >= 15 is 0 Å². The van der Waals surface area contributed by atoms with Crippen molar-refractivity contribution in [3.8, 4) is 11.6 Å². The standard InChI is InChI=1S/C11H6Cl2N2O3/c12-7-5-6(11(16)17)1-2-8(7)18-10-4-3-9(13)14-15-10/h1-5H,(H,16,17). The highest BCUT2D eigenvalue weighted by Gasteiger charge is 2.09. The molecule has 0 aliphatic heterocycles. The molecule has 0 spiro atoms. The Morgan fingerprint density at radius 1 is 1.17 bits per heavy atom. The molecule has 0 saturated carbocycles. The lowest BCUT2D eigenvalue weighted by Crippen LogP contribution is -1.97. The average molecular weight is 285 g/mol. The molecule has 0 saturated heterocycles. The minimum atomic E-state index is -1.06. The zero-order chi connectivity index (χ0) is 13.1. The Kier molecular flexibility index (Phi) is 3.64. The van der Waals surface area contributed by atoms with E-state index in [4.69, 9.17) is 33.0 Å². The van der Waals surface area contributed by atoms with Crippen LogP contribution in [0.5, 0.6) is 11.6 Å². The second-order valence-corrected chi connectivity index (χ2v) is 4.04. The van der Waals surface area contributed by atoms with Crippen LogP contribution >= 0.6 is 23.2 Å².